The van der Waals surface area contributed by atoms with Crippen LogP contribution in [0.4, 0.5) is 0 Å². The first-order chi connectivity index (χ1) is 16.5. The first-order valence-corrected chi connectivity index (χ1v) is 12.3. The topological polar surface area (TPSA) is 58.4 Å². The van der Waals surface area contributed by atoms with Gasteiger partial charge in [0.1, 0.15) is 5.84 Å². The molecule has 5 heteroatoms. The largest absolute Gasteiger partial charge is 0.356 e. The SMILES string of the molecule is C=CCC[C@@H](C)CCCc1cccc(C2=CCC(N/C(=C\C)CNC(=O)c3ccn(C)c3)=N2)c1. The quantitative estimate of drug-likeness (QED) is 0.382. The van der Waals surface area contributed by atoms with Crippen LogP contribution in [0.1, 0.15) is 67.4 Å². The van der Waals surface area contributed by atoms with Crippen LogP contribution < -0.4 is 10.6 Å². The Morgan fingerprint density at radius 2 is 2.15 bits per heavy atom. The summed E-state index contributed by atoms with van der Waals surface area (Å²) < 4.78 is 1.87. The summed E-state index contributed by atoms with van der Waals surface area (Å²) in [5, 5.41) is 6.35. The summed E-state index contributed by atoms with van der Waals surface area (Å²) in [6, 6.07) is 10.6. The van der Waals surface area contributed by atoms with Crippen LogP contribution in [0, 0.1) is 5.92 Å². The van der Waals surface area contributed by atoms with Gasteiger partial charge in [0.15, 0.2) is 0 Å². The van der Waals surface area contributed by atoms with Gasteiger partial charge in [-0.15, -0.1) is 6.58 Å². The average molecular weight is 459 g/mol. The van der Waals surface area contributed by atoms with Crippen molar-refractivity contribution in [2.75, 3.05) is 6.54 Å². The number of benzene rings is 1. The second-order valence-corrected chi connectivity index (χ2v) is 9.10. The van der Waals surface area contributed by atoms with E-state index in [0.717, 1.165) is 48.0 Å². The highest BCUT2D eigenvalue weighted by Crippen LogP contribution is 2.24. The maximum Gasteiger partial charge on any atom is 0.253 e. The summed E-state index contributed by atoms with van der Waals surface area (Å²) in [7, 11) is 1.90. The second-order valence-electron chi connectivity index (χ2n) is 9.10. The zero-order valence-electron chi connectivity index (χ0n) is 20.8. The van der Waals surface area contributed by atoms with Crippen molar-refractivity contribution in [3.8, 4) is 0 Å². The molecule has 2 aromatic rings. The van der Waals surface area contributed by atoms with Crippen LogP contribution in [-0.2, 0) is 13.5 Å². The maximum atomic E-state index is 12.3. The van der Waals surface area contributed by atoms with E-state index in [-0.39, 0.29) is 5.91 Å². The summed E-state index contributed by atoms with van der Waals surface area (Å²) in [5.41, 5.74) is 5.12. The van der Waals surface area contributed by atoms with E-state index >= 15 is 0 Å². The van der Waals surface area contributed by atoms with E-state index in [1.165, 1.54) is 24.8 Å². The van der Waals surface area contributed by atoms with Crippen molar-refractivity contribution in [2.24, 2.45) is 18.0 Å². The predicted molar refractivity (Wildman–Crippen MR) is 143 cm³/mol. The van der Waals surface area contributed by atoms with Crippen LogP contribution in [0.15, 0.2) is 78.2 Å². The number of rotatable bonds is 12. The third-order valence-corrected chi connectivity index (χ3v) is 6.18. The van der Waals surface area contributed by atoms with Crippen molar-refractivity contribution < 1.29 is 4.79 Å². The molecule has 2 heterocycles. The smallest absolute Gasteiger partial charge is 0.253 e. The van der Waals surface area contributed by atoms with Crippen LogP contribution in [0.25, 0.3) is 5.70 Å². The molecule has 2 N–H and O–H groups in total. The Labute approximate surface area is 204 Å². The lowest BCUT2D eigenvalue weighted by Gasteiger charge is -2.11. The molecule has 1 atom stereocenters. The molecule has 34 heavy (non-hydrogen) atoms. The molecule has 0 aliphatic carbocycles. The fourth-order valence-corrected chi connectivity index (χ4v) is 4.10. The Morgan fingerprint density at radius 3 is 2.88 bits per heavy atom. The second kappa shape index (κ2) is 12.8. The molecule has 1 aliphatic heterocycles. The van der Waals surface area contributed by atoms with Gasteiger partial charge in [0, 0.05) is 37.1 Å². The summed E-state index contributed by atoms with van der Waals surface area (Å²) in [6.45, 7) is 8.54. The molecule has 0 saturated carbocycles. The van der Waals surface area contributed by atoms with Crippen molar-refractivity contribution >= 4 is 17.4 Å². The molecule has 0 unspecified atom stereocenters. The van der Waals surface area contributed by atoms with Crippen molar-refractivity contribution in [1.82, 2.24) is 15.2 Å². The van der Waals surface area contributed by atoms with Gasteiger partial charge in [0.2, 0.25) is 0 Å². The van der Waals surface area contributed by atoms with E-state index in [1.54, 1.807) is 0 Å². The first-order valence-electron chi connectivity index (χ1n) is 12.3. The number of aliphatic imine (C=N–C) groups is 1. The van der Waals surface area contributed by atoms with Gasteiger partial charge >= 0.3 is 0 Å². The third kappa shape index (κ3) is 7.62. The molecule has 0 radical (unpaired) electrons. The van der Waals surface area contributed by atoms with Gasteiger partial charge in [-0.25, -0.2) is 4.99 Å². The van der Waals surface area contributed by atoms with Crippen molar-refractivity contribution in [1.29, 1.82) is 0 Å². The molecule has 0 saturated heterocycles. The van der Waals surface area contributed by atoms with E-state index in [2.05, 4.69) is 54.5 Å². The van der Waals surface area contributed by atoms with Crippen molar-refractivity contribution in [2.45, 2.75) is 52.4 Å². The first kappa shape index (κ1) is 25.3. The molecule has 1 aromatic carbocycles. The van der Waals surface area contributed by atoms with E-state index in [4.69, 9.17) is 4.99 Å². The number of amides is 1. The average Bonchev–Trinajstić information content (AvgIpc) is 3.49. The van der Waals surface area contributed by atoms with Gasteiger partial charge < -0.3 is 15.2 Å². The van der Waals surface area contributed by atoms with E-state index < -0.39 is 0 Å². The molecule has 1 aliphatic rings. The van der Waals surface area contributed by atoms with Crippen molar-refractivity contribution in [3.05, 3.63) is 89.9 Å². The Kier molecular flexibility index (Phi) is 9.51. The summed E-state index contributed by atoms with van der Waals surface area (Å²) in [4.78, 5) is 17.1. The number of nitrogens with zero attached hydrogens (tertiary/aromatic N) is 2. The van der Waals surface area contributed by atoms with Crippen LogP contribution in [0.3, 0.4) is 0 Å². The number of nitrogens with one attached hydrogen (secondary N) is 2. The Morgan fingerprint density at radius 1 is 1.29 bits per heavy atom. The minimum absolute atomic E-state index is 0.0826. The van der Waals surface area contributed by atoms with Gasteiger partial charge in [0.05, 0.1) is 17.8 Å². The maximum absolute atomic E-state index is 12.3. The van der Waals surface area contributed by atoms with Crippen LogP contribution in [0.5, 0.6) is 0 Å². The molecule has 1 aromatic heterocycles. The molecular weight excluding hydrogens is 420 g/mol. The van der Waals surface area contributed by atoms with Gasteiger partial charge in [0.25, 0.3) is 5.91 Å². The van der Waals surface area contributed by atoms with Gasteiger partial charge in [-0.1, -0.05) is 49.8 Å². The third-order valence-electron chi connectivity index (χ3n) is 6.18. The number of hydrogen-bond acceptors (Lipinski definition) is 3. The van der Waals surface area contributed by atoms with Crippen molar-refractivity contribution in [3.63, 3.8) is 0 Å². The fraction of sp³-hybridized carbons (Fsp3) is 0.379. The predicted octanol–water partition coefficient (Wildman–Crippen LogP) is 6.02. The number of aromatic nitrogens is 1. The minimum Gasteiger partial charge on any atom is -0.356 e. The Bertz CT molecular complexity index is 1070. The van der Waals surface area contributed by atoms with E-state index in [9.17, 15) is 4.79 Å². The standard InChI is InChI=1S/C29H38N4O/c1-5-7-10-22(3)11-8-12-23-13-9-14-24(19-23)27-15-16-28(32-27)31-26(6-2)20-30-29(34)25-17-18-33(4)21-25/h5-6,9,13-15,17-19,21-22H,1,7-8,10-12,16,20H2,2-4H3,(H,30,34)(H,31,32)/b26-6-/t22-/m1/s1. The molecule has 180 valence electrons. The highest BCUT2D eigenvalue weighted by molar-refractivity contribution is 5.96. The molecule has 1 amide bonds. The number of carbonyl (C=O) groups excluding carboxylic acids is 1. The van der Waals surface area contributed by atoms with E-state index in [1.807, 2.05) is 49.2 Å². The Hall–Kier alpha value is -3.34. The number of carbonyl (C=O) groups is 1. The zero-order chi connectivity index (χ0) is 24.3. The summed E-state index contributed by atoms with van der Waals surface area (Å²) in [6.07, 6.45) is 16.5. The highest BCUT2D eigenvalue weighted by atomic mass is 16.1. The van der Waals surface area contributed by atoms with Crippen LogP contribution in [0.2, 0.25) is 0 Å². The monoisotopic (exact) mass is 458 g/mol. The molecule has 0 spiro atoms. The van der Waals surface area contributed by atoms with Gasteiger partial charge in [-0.2, -0.15) is 0 Å². The lowest BCUT2D eigenvalue weighted by Crippen LogP contribution is -2.32. The molecule has 0 fully saturated rings. The Balaban J connectivity index is 1.50. The summed E-state index contributed by atoms with van der Waals surface area (Å²) in [5.74, 6) is 1.56. The lowest BCUT2D eigenvalue weighted by atomic mass is 9.96. The number of amidine groups is 1. The number of allylic oxidation sites excluding steroid dienone is 2. The molecule has 3 rings (SSSR count). The highest BCUT2D eigenvalue weighted by Gasteiger charge is 2.13. The number of aryl methyl sites for hydroxylation is 2. The summed E-state index contributed by atoms with van der Waals surface area (Å²) >= 11 is 0. The molecule has 0 bridgehead atoms. The van der Waals surface area contributed by atoms with Gasteiger partial charge in [-0.05, 0) is 56.2 Å². The van der Waals surface area contributed by atoms with E-state index in [0.29, 0.717) is 12.1 Å². The minimum atomic E-state index is -0.0826. The lowest BCUT2D eigenvalue weighted by molar-refractivity contribution is 0.0956. The van der Waals surface area contributed by atoms with Crippen LogP contribution >= 0.6 is 0 Å². The van der Waals surface area contributed by atoms with Crippen LogP contribution in [-0.4, -0.2) is 22.9 Å². The van der Waals surface area contributed by atoms with Gasteiger partial charge in [-0.3, -0.25) is 4.79 Å². The zero-order valence-corrected chi connectivity index (χ0v) is 20.8. The normalized spacial score (nSPS) is 14.4. The number of hydrogen-bond donors (Lipinski definition) is 2. The fourth-order valence-electron chi connectivity index (χ4n) is 4.10. The molecule has 5 nitrogen and oxygen atoms in total. The molecular formula is C29H38N4O.